The Morgan fingerprint density at radius 1 is 1.12 bits per heavy atom. The van der Waals surface area contributed by atoms with Gasteiger partial charge in [-0.1, -0.05) is 12.1 Å². The first-order valence-corrected chi connectivity index (χ1v) is 5.78. The summed E-state index contributed by atoms with van der Waals surface area (Å²) in [6.45, 7) is 0.00735. The van der Waals surface area contributed by atoms with Gasteiger partial charge in [-0.25, -0.2) is 0 Å². The normalized spacial score (nSPS) is 20.6. The van der Waals surface area contributed by atoms with Gasteiger partial charge in [-0.3, -0.25) is 14.5 Å². The van der Waals surface area contributed by atoms with Gasteiger partial charge >= 0.3 is 0 Å². The van der Waals surface area contributed by atoms with Crippen molar-refractivity contribution in [1.82, 2.24) is 4.90 Å². The second-order valence-electron chi connectivity index (χ2n) is 4.69. The zero-order valence-corrected chi connectivity index (χ0v) is 9.35. The molecule has 0 atom stereocenters. The molecule has 17 heavy (non-hydrogen) atoms. The smallest absolute Gasteiger partial charge is 0.262 e. The van der Waals surface area contributed by atoms with E-state index in [0.717, 1.165) is 12.8 Å². The maximum absolute atomic E-state index is 12.2. The van der Waals surface area contributed by atoms with Gasteiger partial charge in [0.25, 0.3) is 11.8 Å². The second-order valence-corrected chi connectivity index (χ2v) is 4.69. The summed E-state index contributed by atoms with van der Waals surface area (Å²) in [6, 6.07) is 6.90. The first-order chi connectivity index (χ1) is 8.19. The van der Waals surface area contributed by atoms with Crippen LogP contribution in [0.25, 0.3) is 0 Å². The van der Waals surface area contributed by atoms with Crippen molar-refractivity contribution in [3.63, 3.8) is 0 Å². The van der Waals surface area contributed by atoms with Gasteiger partial charge < -0.3 is 5.11 Å². The van der Waals surface area contributed by atoms with Crippen LogP contribution < -0.4 is 0 Å². The third-order valence-corrected chi connectivity index (χ3v) is 3.67. The van der Waals surface area contributed by atoms with E-state index >= 15 is 0 Å². The highest BCUT2D eigenvalue weighted by molar-refractivity contribution is 6.22. The standard InChI is InChI=1S/C13H13NO3/c15-8-7-13(5-6-13)14-11(16)9-3-1-2-4-10(9)12(14)17/h1-4,15H,5-8H2. The third-order valence-electron chi connectivity index (χ3n) is 3.67. The average molecular weight is 231 g/mol. The number of imide groups is 1. The lowest BCUT2D eigenvalue weighted by Crippen LogP contribution is -2.42. The molecule has 1 aliphatic heterocycles. The van der Waals surface area contributed by atoms with Crippen molar-refractivity contribution in [2.45, 2.75) is 24.8 Å². The topological polar surface area (TPSA) is 57.6 Å². The van der Waals surface area contributed by atoms with E-state index in [4.69, 9.17) is 5.11 Å². The predicted molar refractivity (Wildman–Crippen MR) is 60.6 cm³/mol. The minimum Gasteiger partial charge on any atom is -0.396 e. The van der Waals surface area contributed by atoms with Crippen molar-refractivity contribution in [2.75, 3.05) is 6.61 Å². The zero-order valence-electron chi connectivity index (χ0n) is 9.35. The molecule has 88 valence electrons. The Morgan fingerprint density at radius 2 is 1.65 bits per heavy atom. The number of nitrogens with zero attached hydrogens (tertiary/aromatic N) is 1. The molecule has 1 aromatic rings. The van der Waals surface area contributed by atoms with Crippen LogP contribution in [0.2, 0.25) is 0 Å². The summed E-state index contributed by atoms with van der Waals surface area (Å²) < 4.78 is 0. The highest BCUT2D eigenvalue weighted by Crippen LogP contribution is 2.47. The Morgan fingerprint density at radius 3 is 2.06 bits per heavy atom. The van der Waals surface area contributed by atoms with Gasteiger partial charge in [0.1, 0.15) is 0 Å². The summed E-state index contributed by atoms with van der Waals surface area (Å²) in [5.41, 5.74) is 0.561. The molecule has 0 bridgehead atoms. The molecule has 1 heterocycles. The van der Waals surface area contributed by atoms with Crippen LogP contribution in [0.4, 0.5) is 0 Å². The fourth-order valence-corrected chi connectivity index (χ4v) is 2.56. The van der Waals surface area contributed by atoms with E-state index in [1.165, 1.54) is 4.90 Å². The second kappa shape index (κ2) is 3.40. The summed E-state index contributed by atoms with van der Waals surface area (Å²) in [4.78, 5) is 25.7. The lowest BCUT2D eigenvalue weighted by molar-refractivity contribution is 0.0531. The quantitative estimate of drug-likeness (QED) is 0.795. The van der Waals surface area contributed by atoms with E-state index in [1.54, 1.807) is 24.3 Å². The van der Waals surface area contributed by atoms with Crippen LogP contribution in [-0.2, 0) is 0 Å². The van der Waals surface area contributed by atoms with Crippen molar-refractivity contribution < 1.29 is 14.7 Å². The van der Waals surface area contributed by atoms with Crippen LogP contribution in [0.3, 0.4) is 0 Å². The number of hydrogen-bond donors (Lipinski definition) is 1. The van der Waals surface area contributed by atoms with Gasteiger partial charge in [0.15, 0.2) is 0 Å². The van der Waals surface area contributed by atoms with E-state index in [9.17, 15) is 9.59 Å². The van der Waals surface area contributed by atoms with Crippen LogP contribution in [0.1, 0.15) is 40.0 Å². The van der Waals surface area contributed by atoms with Crippen molar-refractivity contribution in [3.8, 4) is 0 Å². The maximum Gasteiger partial charge on any atom is 0.262 e. The van der Waals surface area contributed by atoms with Crippen LogP contribution in [-0.4, -0.2) is 34.0 Å². The minimum atomic E-state index is -0.415. The molecular formula is C13H13NO3. The maximum atomic E-state index is 12.2. The van der Waals surface area contributed by atoms with Gasteiger partial charge in [0.2, 0.25) is 0 Å². The van der Waals surface area contributed by atoms with Gasteiger partial charge in [0, 0.05) is 6.61 Å². The molecule has 2 aliphatic rings. The molecule has 0 aromatic heterocycles. The zero-order chi connectivity index (χ0) is 12.0. The SMILES string of the molecule is O=C1c2ccccc2C(=O)N1C1(CCO)CC1. The molecular weight excluding hydrogens is 218 g/mol. The van der Waals surface area contributed by atoms with Crippen LogP contribution >= 0.6 is 0 Å². The van der Waals surface area contributed by atoms with Crippen LogP contribution in [0.15, 0.2) is 24.3 Å². The summed E-state index contributed by atoms with van der Waals surface area (Å²) >= 11 is 0. The lowest BCUT2D eigenvalue weighted by Gasteiger charge is -2.25. The number of carbonyl (C=O) groups excluding carboxylic acids is 2. The molecule has 0 spiro atoms. The summed E-state index contributed by atoms with van der Waals surface area (Å²) in [7, 11) is 0. The van der Waals surface area contributed by atoms with E-state index in [0.29, 0.717) is 17.5 Å². The number of hydrogen-bond acceptors (Lipinski definition) is 3. The molecule has 0 saturated heterocycles. The predicted octanol–water partition coefficient (Wildman–Crippen LogP) is 1.20. The van der Waals surface area contributed by atoms with Crippen molar-refractivity contribution in [3.05, 3.63) is 35.4 Å². The largest absolute Gasteiger partial charge is 0.396 e. The average Bonchev–Trinajstić information content (AvgIpc) is 3.05. The minimum absolute atomic E-state index is 0.00735. The highest BCUT2D eigenvalue weighted by Gasteiger charge is 2.55. The highest BCUT2D eigenvalue weighted by atomic mass is 16.3. The number of carbonyl (C=O) groups is 2. The summed E-state index contributed by atoms with van der Waals surface area (Å²) in [5.74, 6) is -0.423. The Bertz CT molecular complexity index is 470. The fraction of sp³-hybridized carbons (Fsp3) is 0.385. The number of aliphatic hydroxyl groups is 1. The van der Waals surface area contributed by atoms with Crippen molar-refractivity contribution in [1.29, 1.82) is 0 Å². The Labute approximate surface area is 98.9 Å². The number of benzene rings is 1. The molecule has 0 radical (unpaired) electrons. The lowest BCUT2D eigenvalue weighted by atomic mass is 10.1. The van der Waals surface area contributed by atoms with Crippen molar-refractivity contribution >= 4 is 11.8 Å². The molecule has 0 unspecified atom stereocenters. The van der Waals surface area contributed by atoms with Crippen molar-refractivity contribution in [2.24, 2.45) is 0 Å². The monoisotopic (exact) mass is 231 g/mol. The third kappa shape index (κ3) is 1.34. The van der Waals surface area contributed by atoms with Crippen LogP contribution in [0.5, 0.6) is 0 Å². The first kappa shape index (κ1) is 10.5. The van der Waals surface area contributed by atoms with Gasteiger partial charge in [-0.15, -0.1) is 0 Å². The summed E-state index contributed by atoms with van der Waals surface area (Å²) in [6.07, 6.45) is 2.09. The van der Waals surface area contributed by atoms with E-state index in [1.807, 2.05) is 0 Å². The molecule has 1 fully saturated rings. The number of aliphatic hydroxyl groups excluding tert-OH is 1. The molecule has 4 nitrogen and oxygen atoms in total. The molecule has 1 aliphatic carbocycles. The molecule has 3 rings (SSSR count). The van der Waals surface area contributed by atoms with E-state index in [2.05, 4.69) is 0 Å². The molecule has 1 aromatic carbocycles. The van der Waals surface area contributed by atoms with E-state index < -0.39 is 5.54 Å². The Hall–Kier alpha value is -1.68. The number of rotatable bonds is 3. The van der Waals surface area contributed by atoms with Gasteiger partial charge in [0.05, 0.1) is 16.7 Å². The Balaban J connectivity index is 2.01. The van der Waals surface area contributed by atoms with Gasteiger partial charge in [-0.2, -0.15) is 0 Å². The molecule has 1 saturated carbocycles. The van der Waals surface area contributed by atoms with Gasteiger partial charge in [-0.05, 0) is 31.4 Å². The van der Waals surface area contributed by atoms with E-state index in [-0.39, 0.29) is 18.4 Å². The Kier molecular flexibility index (Phi) is 2.10. The molecule has 2 amide bonds. The molecule has 4 heteroatoms. The fourth-order valence-electron chi connectivity index (χ4n) is 2.56. The molecule has 1 N–H and O–H groups in total. The summed E-state index contributed by atoms with van der Waals surface area (Å²) in [5, 5.41) is 9.04. The first-order valence-electron chi connectivity index (χ1n) is 5.78. The number of amides is 2. The van der Waals surface area contributed by atoms with Crippen LogP contribution in [0, 0.1) is 0 Å². The number of fused-ring (bicyclic) bond motifs is 1.